The van der Waals surface area contributed by atoms with Crippen LogP contribution in [0.2, 0.25) is 0 Å². The number of halogens is 2. The third-order valence-electron chi connectivity index (χ3n) is 5.59. The molecule has 0 radical (unpaired) electrons. The molecule has 8 nitrogen and oxygen atoms in total. The van der Waals surface area contributed by atoms with E-state index < -0.39 is 46.4 Å². The number of carbonyl (C=O) groups excluding carboxylic acids is 2. The van der Waals surface area contributed by atoms with Crippen molar-refractivity contribution in [2.45, 2.75) is 31.8 Å². The fourth-order valence-electron chi connectivity index (χ4n) is 3.94. The molecule has 32 heavy (non-hydrogen) atoms. The molecule has 1 saturated heterocycles. The van der Waals surface area contributed by atoms with Gasteiger partial charge in [-0.15, -0.1) is 0 Å². The van der Waals surface area contributed by atoms with Gasteiger partial charge in [-0.1, -0.05) is 6.07 Å². The number of benzene rings is 1. The Bertz CT molecular complexity index is 1140. The van der Waals surface area contributed by atoms with E-state index in [1.165, 1.54) is 16.8 Å². The molecule has 0 aliphatic carbocycles. The number of hydrogen-bond acceptors (Lipinski definition) is 6. The zero-order valence-electron chi connectivity index (χ0n) is 17.1. The minimum absolute atomic E-state index is 0.0310. The Hall–Kier alpha value is -2.92. The van der Waals surface area contributed by atoms with Crippen LogP contribution in [0, 0.1) is 11.6 Å². The van der Waals surface area contributed by atoms with E-state index in [4.69, 9.17) is 4.74 Å². The zero-order valence-corrected chi connectivity index (χ0v) is 18.0. The fraction of sp³-hybridized carbons (Fsp3) is 0.381. The summed E-state index contributed by atoms with van der Waals surface area (Å²) in [6.07, 6.45) is 3.31. The van der Waals surface area contributed by atoms with E-state index in [-0.39, 0.29) is 30.4 Å². The minimum atomic E-state index is -0.999. The Morgan fingerprint density at radius 2 is 2.12 bits per heavy atom. The summed E-state index contributed by atoms with van der Waals surface area (Å²) in [7, 11) is 0. The maximum Gasteiger partial charge on any atom is 0.276 e. The highest BCUT2D eigenvalue weighted by molar-refractivity contribution is 7.98. The third-order valence-corrected chi connectivity index (χ3v) is 6.23. The summed E-state index contributed by atoms with van der Waals surface area (Å²) in [6.45, 7) is 0.215. The summed E-state index contributed by atoms with van der Waals surface area (Å²) < 4.78 is 33.9. The maximum absolute atomic E-state index is 13.8. The number of rotatable bonds is 6. The Morgan fingerprint density at radius 1 is 1.34 bits per heavy atom. The smallest absolute Gasteiger partial charge is 0.276 e. The summed E-state index contributed by atoms with van der Waals surface area (Å²) in [4.78, 5) is 39.8. The highest BCUT2D eigenvalue weighted by Crippen LogP contribution is 2.31. The lowest BCUT2D eigenvalue weighted by Crippen LogP contribution is -2.49. The molecule has 2 aromatic rings. The number of ether oxygens (including phenoxy) is 1. The van der Waals surface area contributed by atoms with E-state index in [1.807, 2.05) is 6.26 Å². The van der Waals surface area contributed by atoms with Crippen LogP contribution in [0.25, 0.3) is 0 Å². The van der Waals surface area contributed by atoms with Crippen LogP contribution in [-0.2, 0) is 17.8 Å². The zero-order chi connectivity index (χ0) is 23.0. The second kappa shape index (κ2) is 8.91. The summed E-state index contributed by atoms with van der Waals surface area (Å²) in [6, 6.07) is 2.76. The average Bonchev–Trinajstić information content (AvgIpc) is 3.17. The molecule has 1 aromatic heterocycles. The van der Waals surface area contributed by atoms with Crippen LogP contribution in [0.3, 0.4) is 0 Å². The van der Waals surface area contributed by atoms with Gasteiger partial charge in [0, 0.05) is 24.4 Å². The number of aromatic hydroxyl groups is 1. The predicted octanol–water partition coefficient (Wildman–Crippen LogP) is 1.70. The first-order chi connectivity index (χ1) is 15.3. The molecule has 0 bridgehead atoms. The number of carbonyl (C=O) groups is 2. The Morgan fingerprint density at radius 3 is 2.84 bits per heavy atom. The Labute approximate surface area is 186 Å². The number of amides is 2. The molecular formula is C21H21F2N3O5S. The number of aromatic nitrogens is 1. The molecule has 170 valence electrons. The topological polar surface area (TPSA) is 101 Å². The largest absolute Gasteiger partial charge is 0.503 e. The molecular weight excluding hydrogens is 444 g/mol. The van der Waals surface area contributed by atoms with Gasteiger partial charge in [0.2, 0.25) is 5.43 Å². The van der Waals surface area contributed by atoms with Gasteiger partial charge in [-0.05, 0) is 24.5 Å². The lowest BCUT2D eigenvalue weighted by atomic mass is 10.1. The second-order valence-corrected chi connectivity index (χ2v) is 8.56. The molecule has 2 atom stereocenters. The molecule has 0 saturated carbocycles. The number of pyridine rings is 1. The summed E-state index contributed by atoms with van der Waals surface area (Å²) in [5.41, 5.74) is -1.55. The van der Waals surface area contributed by atoms with E-state index >= 15 is 0 Å². The number of hydrogen-bond donors (Lipinski definition) is 2. The first-order valence-corrected chi connectivity index (χ1v) is 11.3. The predicted molar refractivity (Wildman–Crippen MR) is 113 cm³/mol. The van der Waals surface area contributed by atoms with Gasteiger partial charge in [-0.2, -0.15) is 11.8 Å². The van der Waals surface area contributed by atoms with Crippen molar-refractivity contribution in [3.63, 3.8) is 0 Å². The number of thioether (sulfide) groups is 1. The van der Waals surface area contributed by atoms with Gasteiger partial charge in [0.1, 0.15) is 17.2 Å². The van der Waals surface area contributed by atoms with Crippen molar-refractivity contribution in [1.29, 1.82) is 0 Å². The molecule has 1 aromatic carbocycles. The van der Waals surface area contributed by atoms with E-state index in [0.717, 1.165) is 18.2 Å². The van der Waals surface area contributed by atoms with E-state index in [1.54, 1.807) is 16.7 Å². The van der Waals surface area contributed by atoms with Crippen molar-refractivity contribution < 1.29 is 28.2 Å². The van der Waals surface area contributed by atoms with E-state index in [2.05, 4.69) is 5.32 Å². The highest BCUT2D eigenvalue weighted by Gasteiger charge is 2.44. The molecule has 1 fully saturated rings. The molecule has 11 heteroatoms. The normalized spacial score (nSPS) is 19.6. The van der Waals surface area contributed by atoms with Crippen LogP contribution in [0.1, 0.15) is 32.8 Å². The van der Waals surface area contributed by atoms with Gasteiger partial charge >= 0.3 is 0 Å². The molecule has 2 amide bonds. The van der Waals surface area contributed by atoms with Gasteiger partial charge in [0.05, 0.1) is 19.2 Å². The Balaban J connectivity index is 1.58. The van der Waals surface area contributed by atoms with Crippen LogP contribution in [-0.4, -0.2) is 57.3 Å². The van der Waals surface area contributed by atoms with Gasteiger partial charge < -0.3 is 24.6 Å². The molecule has 0 spiro atoms. The van der Waals surface area contributed by atoms with Crippen molar-refractivity contribution >= 4 is 23.6 Å². The number of nitrogens with zero attached hydrogens (tertiary/aromatic N) is 2. The van der Waals surface area contributed by atoms with Crippen molar-refractivity contribution in [1.82, 2.24) is 14.8 Å². The first-order valence-electron chi connectivity index (χ1n) is 9.93. The van der Waals surface area contributed by atoms with Gasteiger partial charge in [-0.25, -0.2) is 8.78 Å². The monoisotopic (exact) mass is 465 g/mol. The number of nitrogens with one attached hydrogen (secondary N) is 1. The van der Waals surface area contributed by atoms with E-state index in [9.17, 15) is 28.3 Å². The summed E-state index contributed by atoms with van der Waals surface area (Å²) in [5.74, 6) is -2.96. The lowest BCUT2D eigenvalue weighted by Gasteiger charge is -2.34. The van der Waals surface area contributed by atoms with Crippen molar-refractivity contribution in [3.8, 4) is 5.75 Å². The van der Waals surface area contributed by atoms with Gasteiger partial charge in [0.15, 0.2) is 17.7 Å². The van der Waals surface area contributed by atoms with Crippen LogP contribution >= 0.6 is 11.8 Å². The van der Waals surface area contributed by atoms with E-state index in [0.29, 0.717) is 12.7 Å². The van der Waals surface area contributed by atoms with Crippen LogP contribution < -0.4 is 10.7 Å². The second-order valence-electron chi connectivity index (χ2n) is 7.58. The summed E-state index contributed by atoms with van der Waals surface area (Å²) in [5, 5.41) is 12.9. The molecule has 3 heterocycles. The quantitative estimate of drug-likeness (QED) is 0.674. The lowest BCUT2D eigenvalue weighted by molar-refractivity contribution is 0.00567. The highest BCUT2D eigenvalue weighted by atomic mass is 32.2. The standard InChI is InChI=1S/C21H21F2N3O5S/c1-32-5-4-13-10-31-16-9-25-8-14(18(27)19(28)17(25)21(30)26(13)16)20(29)24-7-11-2-3-12(22)6-15(11)23/h2-3,6,8,13,16,28H,4-5,7,9-10H2,1H3,(H,24,29)/t13?,16-/m1/s1. The first kappa shape index (κ1) is 22.3. The molecule has 2 aliphatic heterocycles. The molecule has 1 unspecified atom stereocenters. The SMILES string of the molecule is CSCCC1CO[C@@H]2Cn3cc(C(=O)NCc4ccc(F)cc4F)c(=O)c(O)c3C(=O)N12. The van der Waals surface area contributed by atoms with Gasteiger partial charge in [0.25, 0.3) is 11.8 Å². The Kier molecular flexibility index (Phi) is 6.20. The van der Waals surface area contributed by atoms with Crippen molar-refractivity contribution in [2.24, 2.45) is 0 Å². The summed E-state index contributed by atoms with van der Waals surface area (Å²) >= 11 is 1.65. The molecule has 2 N–H and O–H groups in total. The average molecular weight is 465 g/mol. The molecule has 2 aliphatic rings. The van der Waals surface area contributed by atoms with Gasteiger partial charge in [-0.3, -0.25) is 14.4 Å². The molecule has 4 rings (SSSR count). The maximum atomic E-state index is 13.8. The van der Waals surface area contributed by atoms with Crippen LogP contribution in [0.4, 0.5) is 8.78 Å². The van der Waals surface area contributed by atoms with Crippen molar-refractivity contribution in [2.75, 3.05) is 18.6 Å². The fourth-order valence-corrected chi connectivity index (χ4v) is 4.45. The van der Waals surface area contributed by atoms with Crippen molar-refractivity contribution in [3.05, 3.63) is 63.1 Å². The van der Waals surface area contributed by atoms with Crippen LogP contribution in [0.15, 0.2) is 29.2 Å². The van der Waals surface area contributed by atoms with Crippen LogP contribution in [0.5, 0.6) is 5.75 Å². The minimum Gasteiger partial charge on any atom is -0.503 e. The third kappa shape index (κ3) is 3.97. The number of fused-ring (bicyclic) bond motifs is 2.